The van der Waals surface area contributed by atoms with E-state index in [-0.39, 0.29) is 12.3 Å². The topological polar surface area (TPSA) is 51.2 Å². The van der Waals surface area contributed by atoms with Gasteiger partial charge in [0.1, 0.15) is 10.1 Å². The highest BCUT2D eigenvalue weighted by molar-refractivity contribution is 7.20. The number of amides is 1. The smallest absolute Gasteiger partial charge is 0.230 e. The molecule has 4 nitrogen and oxygen atoms in total. The first kappa shape index (κ1) is 18.2. The monoisotopic (exact) mass is 412 g/mol. The van der Waals surface area contributed by atoms with Gasteiger partial charge in [0.2, 0.25) is 5.91 Å². The molecule has 0 unspecified atom stereocenters. The van der Waals surface area contributed by atoms with Crippen LogP contribution in [0.3, 0.4) is 0 Å². The molecule has 1 N–H and O–H groups in total. The van der Waals surface area contributed by atoms with Crippen LogP contribution in [0.4, 0.5) is 5.13 Å². The number of rotatable bonds is 5. The molecule has 130 valence electrons. The Hall–Kier alpha value is -1.60. The number of thiazole rings is 1. The molecule has 3 rings (SSSR count). The van der Waals surface area contributed by atoms with E-state index in [0.717, 1.165) is 22.4 Å². The number of methoxy groups -OCH3 is 1. The van der Waals surface area contributed by atoms with Crippen LogP contribution in [0.15, 0.2) is 29.6 Å². The first-order valence-corrected chi connectivity index (χ1v) is 9.75. The van der Waals surface area contributed by atoms with Crippen molar-refractivity contribution in [1.29, 1.82) is 0 Å². The van der Waals surface area contributed by atoms with Crippen molar-refractivity contribution in [1.82, 2.24) is 4.98 Å². The number of aromatic nitrogens is 1. The lowest BCUT2D eigenvalue weighted by Gasteiger charge is -2.07. The molecule has 0 saturated heterocycles. The quantitative estimate of drug-likeness (QED) is 0.586. The number of nitrogens with zero attached hydrogens (tertiary/aromatic N) is 1. The lowest BCUT2D eigenvalue weighted by molar-refractivity contribution is -0.115. The minimum Gasteiger partial charge on any atom is -0.496 e. The zero-order valence-electron chi connectivity index (χ0n) is 13.4. The summed E-state index contributed by atoms with van der Waals surface area (Å²) in [4.78, 5) is 16.7. The van der Waals surface area contributed by atoms with Crippen LogP contribution in [-0.4, -0.2) is 18.0 Å². The van der Waals surface area contributed by atoms with Gasteiger partial charge in [-0.3, -0.25) is 4.79 Å². The molecule has 0 saturated carbocycles. The van der Waals surface area contributed by atoms with Gasteiger partial charge in [-0.25, -0.2) is 4.98 Å². The average Bonchev–Trinajstić information content (AvgIpc) is 3.13. The molecule has 2 aromatic heterocycles. The SMILES string of the molecule is COc1ccc(CC(=O)Nc2nc(-c3cc(Cl)sc3Cl)cs2)cc1C. The Labute approximate surface area is 163 Å². The minimum absolute atomic E-state index is 0.125. The Kier molecular flexibility index (Phi) is 5.64. The third kappa shape index (κ3) is 4.33. The molecule has 0 radical (unpaired) electrons. The molecule has 0 aliphatic carbocycles. The number of thiophene rings is 1. The number of halogens is 2. The van der Waals surface area contributed by atoms with E-state index in [2.05, 4.69) is 10.3 Å². The number of hydrogen-bond donors (Lipinski definition) is 1. The van der Waals surface area contributed by atoms with E-state index >= 15 is 0 Å². The summed E-state index contributed by atoms with van der Waals surface area (Å²) in [5.74, 6) is 0.681. The van der Waals surface area contributed by atoms with E-state index in [9.17, 15) is 4.79 Å². The highest BCUT2D eigenvalue weighted by Gasteiger charge is 2.13. The molecule has 0 aliphatic heterocycles. The number of nitrogens with one attached hydrogen (secondary N) is 1. The third-order valence-corrected chi connectivity index (χ3v) is 5.75. The zero-order chi connectivity index (χ0) is 18.0. The van der Waals surface area contributed by atoms with Crippen LogP contribution in [0.5, 0.6) is 5.75 Å². The van der Waals surface area contributed by atoms with Crippen LogP contribution in [-0.2, 0) is 11.2 Å². The van der Waals surface area contributed by atoms with E-state index in [1.54, 1.807) is 13.2 Å². The van der Waals surface area contributed by atoms with Crippen LogP contribution < -0.4 is 10.1 Å². The van der Waals surface area contributed by atoms with Crippen molar-refractivity contribution in [3.05, 3.63) is 49.4 Å². The first-order chi connectivity index (χ1) is 12.0. The molecule has 0 bridgehead atoms. The van der Waals surface area contributed by atoms with Gasteiger partial charge in [0.25, 0.3) is 0 Å². The van der Waals surface area contributed by atoms with Crippen molar-refractivity contribution in [2.45, 2.75) is 13.3 Å². The Balaban J connectivity index is 1.67. The number of aryl methyl sites for hydroxylation is 1. The maximum absolute atomic E-state index is 12.2. The van der Waals surface area contributed by atoms with Gasteiger partial charge in [-0.15, -0.1) is 22.7 Å². The summed E-state index contributed by atoms with van der Waals surface area (Å²) in [5.41, 5.74) is 3.39. The highest BCUT2D eigenvalue weighted by atomic mass is 35.5. The highest BCUT2D eigenvalue weighted by Crippen LogP contribution is 2.39. The van der Waals surface area contributed by atoms with E-state index in [0.29, 0.717) is 19.5 Å². The Morgan fingerprint density at radius 1 is 1.32 bits per heavy atom. The lowest BCUT2D eigenvalue weighted by Crippen LogP contribution is -2.14. The van der Waals surface area contributed by atoms with Crippen molar-refractivity contribution in [2.24, 2.45) is 0 Å². The second-order valence-electron chi connectivity index (χ2n) is 5.30. The molecular weight excluding hydrogens is 399 g/mol. The normalized spacial score (nSPS) is 10.7. The standard InChI is InChI=1S/C17H14Cl2N2O2S2/c1-9-5-10(3-4-13(9)23-2)6-15(22)21-17-20-12(8-24-17)11-7-14(18)25-16(11)19/h3-5,7-8H,6H2,1-2H3,(H,20,21,22). The van der Waals surface area contributed by atoms with Gasteiger partial charge >= 0.3 is 0 Å². The molecule has 1 aromatic carbocycles. The van der Waals surface area contributed by atoms with Crippen molar-refractivity contribution in [2.75, 3.05) is 12.4 Å². The van der Waals surface area contributed by atoms with E-state index in [1.165, 1.54) is 22.7 Å². The van der Waals surface area contributed by atoms with Crippen LogP contribution in [0, 0.1) is 6.92 Å². The van der Waals surface area contributed by atoms with Gasteiger partial charge in [0, 0.05) is 10.9 Å². The maximum atomic E-state index is 12.2. The summed E-state index contributed by atoms with van der Waals surface area (Å²) in [5, 5.41) is 5.20. The van der Waals surface area contributed by atoms with Crippen molar-refractivity contribution in [3.63, 3.8) is 0 Å². The summed E-state index contributed by atoms with van der Waals surface area (Å²) in [7, 11) is 1.63. The number of carbonyl (C=O) groups excluding carboxylic acids is 1. The van der Waals surface area contributed by atoms with Gasteiger partial charge in [0.05, 0.1) is 23.6 Å². The summed E-state index contributed by atoms with van der Waals surface area (Å²) in [6.45, 7) is 1.95. The van der Waals surface area contributed by atoms with Gasteiger partial charge in [-0.1, -0.05) is 35.3 Å². The summed E-state index contributed by atoms with van der Waals surface area (Å²) in [6.07, 6.45) is 0.269. The summed E-state index contributed by atoms with van der Waals surface area (Å²) in [6, 6.07) is 7.46. The number of hydrogen-bond acceptors (Lipinski definition) is 5. The average molecular weight is 413 g/mol. The number of anilines is 1. The molecule has 0 aliphatic rings. The van der Waals surface area contributed by atoms with E-state index in [4.69, 9.17) is 27.9 Å². The fraction of sp³-hybridized carbons (Fsp3) is 0.176. The van der Waals surface area contributed by atoms with Gasteiger partial charge < -0.3 is 10.1 Å². The molecule has 0 fully saturated rings. The molecule has 0 atom stereocenters. The molecule has 3 aromatic rings. The van der Waals surface area contributed by atoms with Crippen LogP contribution >= 0.6 is 45.9 Å². The zero-order valence-corrected chi connectivity index (χ0v) is 16.6. The molecule has 2 heterocycles. The van der Waals surface area contributed by atoms with Crippen LogP contribution in [0.1, 0.15) is 11.1 Å². The predicted octanol–water partition coefficient (Wildman–Crippen LogP) is 5.68. The lowest BCUT2D eigenvalue weighted by atomic mass is 10.1. The minimum atomic E-state index is -0.125. The second kappa shape index (κ2) is 7.74. The van der Waals surface area contributed by atoms with E-state index < -0.39 is 0 Å². The van der Waals surface area contributed by atoms with E-state index in [1.807, 2.05) is 30.5 Å². The maximum Gasteiger partial charge on any atom is 0.230 e. The number of ether oxygens (including phenoxy) is 1. The summed E-state index contributed by atoms with van der Waals surface area (Å²) < 4.78 is 6.42. The fourth-order valence-corrected chi connectivity index (χ4v) is 4.58. The van der Waals surface area contributed by atoms with Crippen molar-refractivity contribution in [3.8, 4) is 17.0 Å². The van der Waals surface area contributed by atoms with Crippen LogP contribution in [0.2, 0.25) is 8.67 Å². The third-order valence-electron chi connectivity index (χ3n) is 3.51. The number of benzene rings is 1. The molecule has 8 heteroatoms. The second-order valence-corrected chi connectivity index (χ2v) is 8.45. The molecule has 25 heavy (non-hydrogen) atoms. The van der Waals surface area contributed by atoms with Gasteiger partial charge in [0.15, 0.2) is 5.13 Å². The van der Waals surface area contributed by atoms with Crippen molar-refractivity contribution >= 4 is 56.9 Å². The Morgan fingerprint density at radius 3 is 2.76 bits per heavy atom. The number of carbonyl (C=O) groups is 1. The molecular formula is C17H14Cl2N2O2S2. The Morgan fingerprint density at radius 2 is 2.12 bits per heavy atom. The van der Waals surface area contributed by atoms with Crippen molar-refractivity contribution < 1.29 is 9.53 Å². The molecule has 0 spiro atoms. The van der Waals surface area contributed by atoms with Gasteiger partial charge in [-0.2, -0.15) is 0 Å². The largest absolute Gasteiger partial charge is 0.496 e. The first-order valence-electron chi connectivity index (χ1n) is 7.30. The van der Waals surface area contributed by atoms with Gasteiger partial charge in [-0.05, 0) is 30.2 Å². The van der Waals surface area contributed by atoms with Crippen LogP contribution in [0.25, 0.3) is 11.3 Å². The summed E-state index contributed by atoms with van der Waals surface area (Å²) >= 11 is 14.7. The molecule has 1 amide bonds. The Bertz CT molecular complexity index is 921. The predicted molar refractivity (Wildman–Crippen MR) is 106 cm³/mol. The fourth-order valence-electron chi connectivity index (χ4n) is 2.37.